The molecule has 2 heterocycles. The van der Waals surface area contributed by atoms with Gasteiger partial charge in [0.25, 0.3) is 5.91 Å². The van der Waals surface area contributed by atoms with Gasteiger partial charge in [-0.25, -0.2) is 4.39 Å². The largest absolute Gasteiger partial charge is 0.357 e. The highest BCUT2D eigenvalue weighted by atomic mass is 19.1. The first kappa shape index (κ1) is 21.0. The lowest BCUT2D eigenvalue weighted by molar-refractivity contribution is -0.125. The van der Waals surface area contributed by atoms with E-state index in [0.717, 1.165) is 38.3 Å². The number of carbonyl (C=O) groups excluding carboxylic acids is 3. The fourth-order valence-electron chi connectivity index (χ4n) is 5.11. The molecule has 162 valence electrons. The highest BCUT2D eigenvalue weighted by molar-refractivity contribution is 6.01. The quantitative estimate of drug-likeness (QED) is 0.695. The molecule has 0 spiro atoms. The van der Waals surface area contributed by atoms with Crippen LogP contribution in [0.3, 0.4) is 0 Å². The predicted molar refractivity (Wildman–Crippen MR) is 111 cm³/mol. The summed E-state index contributed by atoms with van der Waals surface area (Å²) >= 11 is 0. The zero-order chi connectivity index (χ0) is 21.3. The smallest absolute Gasteiger partial charge is 0.255 e. The lowest BCUT2D eigenvalue weighted by atomic mass is 9.84. The number of aldehydes is 1. The van der Waals surface area contributed by atoms with Gasteiger partial charge in [-0.2, -0.15) is 0 Å². The highest BCUT2D eigenvalue weighted by Crippen LogP contribution is 2.37. The molecule has 0 radical (unpaired) electrons. The molecule has 4 rings (SSSR count). The van der Waals surface area contributed by atoms with E-state index in [1.165, 1.54) is 31.2 Å². The van der Waals surface area contributed by atoms with Crippen LogP contribution in [0.4, 0.5) is 4.39 Å². The van der Waals surface area contributed by atoms with Gasteiger partial charge in [-0.05, 0) is 62.7 Å². The topological polar surface area (TPSA) is 69.7 Å². The number of benzene rings is 1. The minimum atomic E-state index is -0.770. The van der Waals surface area contributed by atoms with Crippen LogP contribution in [-0.4, -0.2) is 60.1 Å². The van der Waals surface area contributed by atoms with Crippen molar-refractivity contribution in [3.05, 3.63) is 34.6 Å². The van der Waals surface area contributed by atoms with Gasteiger partial charge in [0, 0.05) is 30.6 Å². The molecule has 1 aromatic carbocycles. The Balaban J connectivity index is 1.51. The van der Waals surface area contributed by atoms with Crippen molar-refractivity contribution in [3.8, 4) is 0 Å². The summed E-state index contributed by atoms with van der Waals surface area (Å²) < 4.78 is 15.5. The number of amides is 2. The number of likely N-dealkylation sites (tertiary alicyclic amines) is 1. The molecular weight excluding hydrogens is 385 g/mol. The zero-order valence-electron chi connectivity index (χ0n) is 17.5. The van der Waals surface area contributed by atoms with Gasteiger partial charge in [-0.3, -0.25) is 9.59 Å². The fraction of sp³-hybridized carbons (Fsp3) is 0.609. The van der Waals surface area contributed by atoms with E-state index in [2.05, 4.69) is 10.2 Å². The third-order valence-electron chi connectivity index (χ3n) is 7.14. The molecule has 1 saturated carbocycles. The van der Waals surface area contributed by atoms with Crippen LogP contribution in [0.25, 0.3) is 0 Å². The number of hydrogen-bond donors (Lipinski definition) is 1. The Labute approximate surface area is 176 Å². The van der Waals surface area contributed by atoms with Crippen molar-refractivity contribution in [2.75, 3.05) is 20.1 Å². The first-order valence-electron chi connectivity index (χ1n) is 11.1. The monoisotopic (exact) mass is 415 g/mol. The number of nitrogens with one attached hydrogen (secondary N) is 1. The molecule has 1 saturated heterocycles. The van der Waals surface area contributed by atoms with Crippen LogP contribution in [0, 0.1) is 5.82 Å². The van der Waals surface area contributed by atoms with Crippen molar-refractivity contribution in [1.29, 1.82) is 0 Å². The summed E-state index contributed by atoms with van der Waals surface area (Å²) in [6.07, 6.45) is 6.90. The van der Waals surface area contributed by atoms with E-state index in [4.69, 9.17) is 0 Å². The highest BCUT2D eigenvalue weighted by Gasteiger charge is 2.39. The molecule has 1 aliphatic carbocycles. The van der Waals surface area contributed by atoms with Crippen molar-refractivity contribution < 1.29 is 18.8 Å². The Hall–Kier alpha value is -2.28. The summed E-state index contributed by atoms with van der Waals surface area (Å²) in [6, 6.07) is 3.43. The van der Waals surface area contributed by atoms with E-state index >= 15 is 4.39 Å². The number of rotatable bonds is 7. The molecule has 3 aliphatic rings. The van der Waals surface area contributed by atoms with Gasteiger partial charge in [-0.1, -0.05) is 12.5 Å². The van der Waals surface area contributed by atoms with Crippen LogP contribution in [-0.2, 0) is 16.1 Å². The minimum Gasteiger partial charge on any atom is -0.357 e. The molecule has 7 heteroatoms. The van der Waals surface area contributed by atoms with E-state index in [0.29, 0.717) is 16.7 Å². The Kier molecular flexibility index (Phi) is 6.18. The number of halogens is 1. The Morgan fingerprint density at radius 2 is 2.00 bits per heavy atom. The summed E-state index contributed by atoms with van der Waals surface area (Å²) in [4.78, 5) is 39.9. The second-order valence-electron chi connectivity index (χ2n) is 8.70. The number of carbonyl (C=O) groups is 3. The molecule has 0 bridgehead atoms. The number of nitrogens with zero attached hydrogens (tertiary/aromatic N) is 2. The number of piperidine rings is 1. The van der Waals surface area contributed by atoms with Gasteiger partial charge in [0.05, 0.1) is 6.54 Å². The second kappa shape index (κ2) is 8.84. The van der Waals surface area contributed by atoms with E-state index in [1.54, 1.807) is 12.1 Å². The average Bonchev–Trinajstić information content (AvgIpc) is 3.05. The maximum Gasteiger partial charge on any atom is 0.255 e. The lowest BCUT2D eigenvalue weighted by Crippen LogP contribution is -2.46. The number of fused-ring (bicyclic) bond motifs is 1. The first-order valence-corrected chi connectivity index (χ1v) is 11.1. The number of likely N-dealkylation sites (N-methyl/N-ethyl adjacent to an activating group) is 1. The van der Waals surface area contributed by atoms with E-state index < -0.39 is 6.04 Å². The number of hydrogen-bond acceptors (Lipinski definition) is 4. The van der Waals surface area contributed by atoms with Crippen molar-refractivity contribution in [2.24, 2.45) is 0 Å². The molecule has 1 atom stereocenters. The zero-order valence-corrected chi connectivity index (χ0v) is 17.5. The Morgan fingerprint density at radius 1 is 1.27 bits per heavy atom. The predicted octanol–water partition coefficient (Wildman–Crippen LogP) is 2.61. The van der Waals surface area contributed by atoms with Crippen molar-refractivity contribution >= 4 is 18.1 Å². The van der Waals surface area contributed by atoms with Gasteiger partial charge in [0.15, 0.2) is 0 Å². The molecule has 30 heavy (non-hydrogen) atoms. The molecule has 0 aromatic heterocycles. The van der Waals surface area contributed by atoms with Crippen LogP contribution < -0.4 is 5.32 Å². The molecule has 1 unspecified atom stereocenters. The summed E-state index contributed by atoms with van der Waals surface area (Å²) in [6.45, 7) is 2.08. The van der Waals surface area contributed by atoms with Crippen LogP contribution in [0.1, 0.15) is 72.3 Å². The summed E-state index contributed by atoms with van der Waals surface area (Å²) in [5.74, 6) is -0.797. The SMILES string of the molecule is CNC(=O)C(CCC=O)N1Cc2c(ccc(C3CCN(C4CCC4)CC3)c2F)C1=O. The third kappa shape index (κ3) is 3.75. The van der Waals surface area contributed by atoms with E-state index in [1.807, 2.05) is 0 Å². The summed E-state index contributed by atoms with van der Waals surface area (Å²) in [5.41, 5.74) is 1.42. The molecule has 2 fully saturated rings. The maximum absolute atomic E-state index is 15.5. The van der Waals surface area contributed by atoms with E-state index in [-0.39, 0.29) is 42.9 Å². The van der Waals surface area contributed by atoms with Crippen LogP contribution in [0.2, 0.25) is 0 Å². The van der Waals surface area contributed by atoms with Crippen molar-refractivity contribution in [1.82, 2.24) is 15.1 Å². The van der Waals surface area contributed by atoms with Crippen molar-refractivity contribution in [2.45, 2.75) is 69.5 Å². The van der Waals surface area contributed by atoms with E-state index in [9.17, 15) is 14.4 Å². The molecule has 2 aliphatic heterocycles. The standard InChI is InChI=1S/C23H30FN3O3/c1-25-22(29)20(6-3-13-28)27-14-19-18(23(27)30)8-7-17(21(19)24)15-9-11-26(12-10-15)16-4-2-5-16/h7-8,13,15-16,20H,2-6,9-12,14H2,1H3,(H,25,29). The third-order valence-corrected chi connectivity index (χ3v) is 7.14. The normalized spacial score (nSPS) is 21.3. The molecule has 6 nitrogen and oxygen atoms in total. The maximum atomic E-state index is 15.5. The van der Waals surface area contributed by atoms with Crippen LogP contribution in [0.5, 0.6) is 0 Å². The second-order valence-corrected chi connectivity index (χ2v) is 8.70. The van der Waals surface area contributed by atoms with Gasteiger partial charge < -0.3 is 19.9 Å². The first-order chi connectivity index (χ1) is 14.5. The lowest BCUT2D eigenvalue weighted by Gasteiger charge is -2.42. The fourth-order valence-corrected chi connectivity index (χ4v) is 5.11. The van der Waals surface area contributed by atoms with Crippen LogP contribution >= 0.6 is 0 Å². The van der Waals surface area contributed by atoms with Gasteiger partial charge in [0.2, 0.25) is 5.91 Å². The molecular formula is C23H30FN3O3. The van der Waals surface area contributed by atoms with Crippen molar-refractivity contribution in [3.63, 3.8) is 0 Å². The van der Waals surface area contributed by atoms with Gasteiger partial charge in [0.1, 0.15) is 18.1 Å². The summed E-state index contributed by atoms with van der Waals surface area (Å²) in [7, 11) is 1.50. The molecule has 2 amide bonds. The minimum absolute atomic E-state index is 0.0751. The summed E-state index contributed by atoms with van der Waals surface area (Å²) in [5, 5.41) is 2.55. The average molecular weight is 416 g/mol. The van der Waals surface area contributed by atoms with Gasteiger partial charge >= 0.3 is 0 Å². The Morgan fingerprint density at radius 3 is 2.60 bits per heavy atom. The van der Waals surface area contributed by atoms with Gasteiger partial charge in [-0.15, -0.1) is 0 Å². The molecule has 1 N–H and O–H groups in total. The Bertz CT molecular complexity index is 831. The van der Waals surface area contributed by atoms with Crippen LogP contribution in [0.15, 0.2) is 12.1 Å². The molecule has 1 aromatic rings.